The van der Waals surface area contributed by atoms with E-state index in [0.29, 0.717) is 0 Å². The maximum absolute atomic E-state index is 6.01. The summed E-state index contributed by atoms with van der Waals surface area (Å²) in [6, 6.07) is 9.75. The summed E-state index contributed by atoms with van der Waals surface area (Å²) in [5, 5.41) is 1.77. The Morgan fingerprint density at radius 2 is 2.05 bits per heavy atom. The minimum absolute atomic E-state index is 0.726. The molecule has 0 saturated heterocycles. The van der Waals surface area contributed by atoms with Crippen LogP contribution in [0.4, 0.5) is 0 Å². The minimum atomic E-state index is 0.726. The number of rotatable bonds is 4. The third-order valence-corrected chi connectivity index (χ3v) is 3.62. The molecule has 0 amide bonds. The van der Waals surface area contributed by atoms with E-state index in [4.69, 9.17) is 16.6 Å². The van der Waals surface area contributed by atoms with Crippen LogP contribution in [0.2, 0.25) is 5.02 Å². The van der Waals surface area contributed by atoms with Crippen molar-refractivity contribution in [2.45, 2.75) is 6.54 Å². The molecule has 108 valence electrons. The van der Waals surface area contributed by atoms with Gasteiger partial charge in [0.15, 0.2) is 5.82 Å². The predicted octanol–water partition coefficient (Wildman–Crippen LogP) is 3.31. The van der Waals surface area contributed by atoms with Gasteiger partial charge in [-0.1, -0.05) is 17.7 Å². The molecule has 5 heteroatoms. The highest BCUT2D eigenvalue weighted by Crippen LogP contribution is 2.22. The van der Waals surface area contributed by atoms with Crippen LogP contribution in [-0.2, 0) is 6.54 Å². The topological polar surface area (TPSA) is 34.0 Å². The second-order valence-corrected chi connectivity index (χ2v) is 5.72. The molecular weight excluding hydrogens is 284 g/mol. The quantitative estimate of drug-likeness (QED) is 0.741. The summed E-state index contributed by atoms with van der Waals surface area (Å²) < 4.78 is 2.13. The molecule has 1 aromatic carbocycles. The molecule has 0 aliphatic carbocycles. The van der Waals surface area contributed by atoms with Gasteiger partial charge in [0.25, 0.3) is 0 Å². The lowest BCUT2D eigenvalue weighted by Gasteiger charge is -2.12. The van der Waals surface area contributed by atoms with Gasteiger partial charge in [-0.05, 0) is 38.4 Å². The summed E-state index contributed by atoms with van der Waals surface area (Å²) in [4.78, 5) is 11.3. The van der Waals surface area contributed by atoms with Crippen molar-refractivity contribution in [3.8, 4) is 11.5 Å². The van der Waals surface area contributed by atoms with Crippen molar-refractivity contribution in [1.82, 2.24) is 19.4 Å². The smallest absolute Gasteiger partial charge is 0.158 e. The van der Waals surface area contributed by atoms with Gasteiger partial charge in [0, 0.05) is 35.9 Å². The number of pyridine rings is 1. The van der Waals surface area contributed by atoms with Crippen LogP contribution in [0.5, 0.6) is 0 Å². The number of likely N-dealkylation sites (N-methyl/N-ethyl adjacent to an activating group) is 1. The van der Waals surface area contributed by atoms with Gasteiger partial charge in [0.2, 0.25) is 0 Å². The number of hydrogen-bond donors (Lipinski definition) is 0. The molecule has 21 heavy (non-hydrogen) atoms. The van der Waals surface area contributed by atoms with E-state index in [1.807, 2.05) is 42.7 Å². The van der Waals surface area contributed by atoms with Crippen molar-refractivity contribution < 1.29 is 0 Å². The molecule has 0 N–H and O–H groups in total. The van der Waals surface area contributed by atoms with Gasteiger partial charge in [-0.3, -0.25) is 0 Å². The molecule has 0 radical (unpaired) electrons. The lowest BCUT2D eigenvalue weighted by molar-refractivity contribution is 0.385. The summed E-state index contributed by atoms with van der Waals surface area (Å²) >= 11 is 6.01. The molecule has 0 atom stereocenters. The van der Waals surface area contributed by atoms with Gasteiger partial charge in [-0.2, -0.15) is 0 Å². The van der Waals surface area contributed by atoms with Crippen LogP contribution in [0.1, 0.15) is 0 Å². The molecule has 2 heterocycles. The van der Waals surface area contributed by atoms with Gasteiger partial charge >= 0.3 is 0 Å². The van der Waals surface area contributed by atoms with E-state index in [-0.39, 0.29) is 0 Å². The molecule has 2 aromatic heterocycles. The van der Waals surface area contributed by atoms with E-state index in [1.54, 1.807) is 0 Å². The van der Waals surface area contributed by atoms with Crippen LogP contribution in [0.25, 0.3) is 22.4 Å². The zero-order valence-corrected chi connectivity index (χ0v) is 12.9. The fourth-order valence-corrected chi connectivity index (χ4v) is 2.43. The molecule has 0 unspecified atom stereocenters. The number of nitrogens with zero attached hydrogens (tertiary/aromatic N) is 4. The van der Waals surface area contributed by atoms with Gasteiger partial charge in [-0.25, -0.2) is 9.97 Å². The number of imidazole rings is 1. The van der Waals surface area contributed by atoms with Gasteiger partial charge in [0.05, 0.1) is 5.52 Å². The fraction of sp³-hybridized carbons (Fsp3) is 0.250. The highest BCUT2D eigenvalue weighted by atomic mass is 35.5. The molecule has 0 spiro atoms. The molecule has 0 saturated carbocycles. The van der Waals surface area contributed by atoms with Crippen molar-refractivity contribution in [3.63, 3.8) is 0 Å². The van der Waals surface area contributed by atoms with E-state index in [2.05, 4.69) is 28.5 Å². The Hall–Kier alpha value is -1.91. The average molecular weight is 301 g/mol. The number of halogens is 1. The van der Waals surface area contributed by atoms with Crippen LogP contribution in [-0.4, -0.2) is 40.1 Å². The monoisotopic (exact) mass is 300 g/mol. The number of benzene rings is 1. The second kappa shape index (κ2) is 5.84. The predicted molar refractivity (Wildman–Crippen MR) is 86.5 cm³/mol. The molecular formula is C16H17ClN4. The zero-order valence-electron chi connectivity index (χ0n) is 12.1. The van der Waals surface area contributed by atoms with Gasteiger partial charge < -0.3 is 9.47 Å². The summed E-state index contributed by atoms with van der Waals surface area (Å²) in [6.07, 6.45) is 3.81. The van der Waals surface area contributed by atoms with E-state index in [9.17, 15) is 0 Å². The molecule has 0 fully saturated rings. The molecule has 3 aromatic rings. The molecule has 0 aliphatic heterocycles. The Bertz CT molecular complexity index is 764. The summed E-state index contributed by atoms with van der Waals surface area (Å²) in [6.45, 7) is 1.86. The first-order valence-electron chi connectivity index (χ1n) is 6.86. The summed E-state index contributed by atoms with van der Waals surface area (Å²) in [5.41, 5.74) is 1.81. The Kier molecular flexibility index (Phi) is 3.90. The number of aromatic nitrogens is 3. The lowest BCUT2D eigenvalue weighted by atomic mass is 10.2. The van der Waals surface area contributed by atoms with Crippen molar-refractivity contribution in [3.05, 3.63) is 47.7 Å². The normalized spacial score (nSPS) is 11.4. The van der Waals surface area contributed by atoms with Crippen molar-refractivity contribution in [2.75, 3.05) is 20.6 Å². The van der Waals surface area contributed by atoms with Crippen molar-refractivity contribution >= 4 is 22.5 Å². The molecule has 3 rings (SSSR count). The Morgan fingerprint density at radius 3 is 2.86 bits per heavy atom. The van der Waals surface area contributed by atoms with Crippen LogP contribution in [0, 0.1) is 0 Å². The number of fused-ring (bicyclic) bond motifs is 1. The molecule has 4 nitrogen and oxygen atoms in total. The fourth-order valence-electron chi connectivity index (χ4n) is 2.25. The van der Waals surface area contributed by atoms with Crippen molar-refractivity contribution in [1.29, 1.82) is 0 Å². The third-order valence-electron chi connectivity index (χ3n) is 3.38. The van der Waals surface area contributed by atoms with Gasteiger partial charge in [-0.15, -0.1) is 0 Å². The van der Waals surface area contributed by atoms with E-state index < -0.39 is 0 Å². The highest BCUT2D eigenvalue weighted by molar-refractivity contribution is 6.31. The number of hydrogen-bond acceptors (Lipinski definition) is 3. The summed E-state index contributed by atoms with van der Waals surface area (Å²) in [7, 11) is 4.13. The Morgan fingerprint density at radius 1 is 1.19 bits per heavy atom. The van der Waals surface area contributed by atoms with E-state index >= 15 is 0 Å². The molecule has 0 aliphatic rings. The average Bonchev–Trinajstić information content (AvgIpc) is 2.93. The second-order valence-electron chi connectivity index (χ2n) is 5.28. The lowest BCUT2D eigenvalue weighted by Crippen LogP contribution is -2.18. The van der Waals surface area contributed by atoms with E-state index in [0.717, 1.165) is 40.5 Å². The standard InChI is InChI=1S/C16H17ClN4/c1-20(2)9-10-21-8-7-18-16(21)15-5-3-12-11-13(17)4-6-14(12)19-15/h3-8,11H,9-10H2,1-2H3. The van der Waals surface area contributed by atoms with Crippen LogP contribution < -0.4 is 0 Å². The van der Waals surface area contributed by atoms with Crippen LogP contribution in [0.15, 0.2) is 42.7 Å². The molecule has 0 bridgehead atoms. The van der Waals surface area contributed by atoms with E-state index in [1.165, 1.54) is 0 Å². The third kappa shape index (κ3) is 3.06. The minimum Gasteiger partial charge on any atom is -0.328 e. The highest BCUT2D eigenvalue weighted by Gasteiger charge is 2.08. The summed E-state index contributed by atoms with van der Waals surface area (Å²) in [5.74, 6) is 0.897. The SMILES string of the molecule is CN(C)CCn1ccnc1-c1ccc2cc(Cl)ccc2n1. The van der Waals surface area contributed by atoms with Gasteiger partial charge in [0.1, 0.15) is 5.69 Å². The maximum atomic E-state index is 6.01. The largest absolute Gasteiger partial charge is 0.328 e. The maximum Gasteiger partial charge on any atom is 0.158 e. The Labute approximate surface area is 129 Å². The zero-order chi connectivity index (χ0) is 14.8. The first kappa shape index (κ1) is 14.0. The van der Waals surface area contributed by atoms with Crippen molar-refractivity contribution in [2.24, 2.45) is 0 Å². The Balaban J connectivity index is 1.97. The first-order chi connectivity index (χ1) is 10.1. The van der Waals surface area contributed by atoms with Crippen LogP contribution >= 0.6 is 11.6 Å². The first-order valence-corrected chi connectivity index (χ1v) is 7.24. The van der Waals surface area contributed by atoms with Crippen LogP contribution in [0.3, 0.4) is 0 Å².